The lowest BCUT2D eigenvalue weighted by Crippen LogP contribution is -2.55. The Balaban J connectivity index is 1.47. The molecule has 3 aliphatic rings. The molecule has 2 saturated carbocycles. The maximum atomic E-state index is 13.3. The van der Waals surface area contributed by atoms with Gasteiger partial charge in [0.15, 0.2) is 0 Å². The number of aliphatic hydroxyl groups excluding tert-OH is 2. The van der Waals surface area contributed by atoms with Gasteiger partial charge < -0.3 is 19.7 Å². The summed E-state index contributed by atoms with van der Waals surface area (Å²) in [6.45, 7) is 5.45. The van der Waals surface area contributed by atoms with Gasteiger partial charge in [0.05, 0.1) is 31.2 Å². The molecule has 3 amide bonds. The van der Waals surface area contributed by atoms with Crippen molar-refractivity contribution in [2.75, 3.05) is 7.11 Å². The average molecular weight is 488 g/mol. The van der Waals surface area contributed by atoms with Gasteiger partial charge in [-0.3, -0.25) is 14.5 Å². The predicted molar refractivity (Wildman–Crippen MR) is 125 cm³/mol. The molecule has 3 fully saturated rings. The van der Waals surface area contributed by atoms with Crippen molar-refractivity contribution < 1.29 is 34.1 Å². The van der Waals surface area contributed by atoms with Gasteiger partial charge in [-0.05, 0) is 51.3 Å². The van der Waals surface area contributed by atoms with Crippen molar-refractivity contribution in [2.45, 2.75) is 64.4 Å². The summed E-state index contributed by atoms with van der Waals surface area (Å²) in [5, 5.41) is 25.6. The lowest BCUT2D eigenvalue weighted by atomic mass is 9.60. The van der Waals surface area contributed by atoms with Gasteiger partial charge in [0.1, 0.15) is 12.4 Å². The first-order chi connectivity index (χ1) is 16.5. The molecule has 0 spiro atoms. The molecule has 1 aromatic rings. The Bertz CT molecular complexity index is 1020. The van der Waals surface area contributed by atoms with Gasteiger partial charge in [-0.1, -0.05) is 12.1 Å². The molecule has 190 valence electrons. The van der Waals surface area contributed by atoms with E-state index in [1.54, 1.807) is 52.1 Å². The fourth-order valence-electron chi connectivity index (χ4n) is 5.68. The second kappa shape index (κ2) is 9.58. The van der Waals surface area contributed by atoms with Gasteiger partial charge in [0.25, 0.3) is 0 Å². The van der Waals surface area contributed by atoms with Crippen molar-refractivity contribution in [3.63, 3.8) is 0 Å². The van der Waals surface area contributed by atoms with Crippen LogP contribution >= 0.6 is 0 Å². The van der Waals surface area contributed by atoms with Gasteiger partial charge in [0, 0.05) is 29.5 Å². The number of rotatable bonds is 4. The lowest BCUT2D eigenvalue weighted by Gasteiger charge is -2.45. The fourth-order valence-corrected chi connectivity index (χ4v) is 5.68. The van der Waals surface area contributed by atoms with E-state index in [1.807, 2.05) is 0 Å². The zero-order valence-corrected chi connectivity index (χ0v) is 20.4. The van der Waals surface area contributed by atoms with Crippen LogP contribution < -0.4 is 10.2 Å². The molecular formula is C25H33N3O7. The zero-order chi connectivity index (χ0) is 25.5. The van der Waals surface area contributed by atoms with E-state index in [4.69, 9.17) is 9.47 Å². The van der Waals surface area contributed by atoms with Gasteiger partial charge in [-0.15, -0.1) is 0 Å². The minimum atomic E-state index is -1.16. The van der Waals surface area contributed by atoms with Crippen LogP contribution in [0.3, 0.4) is 0 Å². The standard InChI is InChI=1S/C25H33N3O7/c1-25(2,3)28-22(31)16-10-9-15-17(11-18(29)21(30)19(15)20(16)23(28)32)26-27-24(33)35-12-13-5-7-14(34-4)8-6-13/h5-8,15-16,18-21,29-30H,9-12H2,1-4H3,(H,27,33)/b26-17+/t15-,16-,18-,19+,20-,21-/m1/s1. The molecule has 0 radical (unpaired) electrons. The summed E-state index contributed by atoms with van der Waals surface area (Å²) in [7, 11) is 1.57. The summed E-state index contributed by atoms with van der Waals surface area (Å²) in [6, 6.07) is 7.08. The predicted octanol–water partition coefficient (Wildman–Crippen LogP) is 1.83. The van der Waals surface area contributed by atoms with E-state index in [0.717, 1.165) is 5.56 Å². The molecule has 6 atom stereocenters. The van der Waals surface area contributed by atoms with Crippen molar-refractivity contribution >= 4 is 23.6 Å². The molecule has 10 nitrogen and oxygen atoms in total. The van der Waals surface area contributed by atoms with E-state index in [2.05, 4.69) is 10.5 Å². The number of amides is 3. The summed E-state index contributed by atoms with van der Waals surface area (Å²) in [5.41, 5.74) is 2.96. The molecule has 0 bridgehead atoms. The first-order valence-electron chi connectivity index (χ1n) is 11.9. The number of imide groups is 1. The van der Waals surface area contributed by atoms with E-state index in [1.165, 1.54) is 4.90 Å². The molecule has 3 N–H and O–H groups in total. The number of benzene rings is 1. The van der Waals surface area contributed by atoms with Crippen molar-refractivity contribution in [1.82, 2.24) is 10.3 Å². The first-order valence-corrected chi connectivity index (χ1v) is 11.9. The Morgan fingerprint density at radius 2 is 1.77 bits per heavy atom. The smallest absolute Gasteiger partial charge is 0.428 e. The van der Waals surface area contributed by atoms with Gasteiger partial charge in [0.2, 0.25) is 11.8 Å². The van der Waals surface area contributed by atoms with Crippen LogP contribution in [0.2, 0.25) is 0 Å². The van der Waals surface area contributed by atoms with E-state index >= 15 is 0 Å². The molecule has 4 rings (SSSR count). The van der Waals surface area contributed by atoms with E-state index in [-0.39, 0.29) is 30.8 Å². The van der Waals surface area contributed by atoms with Crippen LogP contribution in [0, 0.1) is 23.7 Å². The van der Waals surface area contributed by atoms with E-state index in [9.17, 15) is 24.6 Å². The Labute approximate surface area is 204 Å². The molecular weight excluding hydrogens is 454 g/mol. The molecule has 10 heteroatoms. The van der Waals surface area contributed by atoms with E-state index < -0.39 is 41.6 Å². The number of hydrogen-bond donors (Lipinski definition) is 3. The summed E-state index contributed by atoms with van der Waals surface area (Å²) >= 11 is 0. The van der Waals surface area contributed by atoms with Crippen molar-refractivity contribution in [1.29, 1.82) is 0 Å². The lowest BCUT2D eigenvalue weighted by molar-refractivity contribution is -0.146. The van der Waals surface area contributed by atoms with E-state index in [0.29, 0.717) is 24.3 Å². The molecule has 1 aliphatic heterocycles. The number of carbonyl (C=O) groups is 3. The Morgan fingerprint density at radius 3 is 2.40 bits per heavy atom. The van der Waals surface area contributed by atoms with Crippen LogP contribution in [0.4, 0.5) is 4.79 Å². The van der Waals surface area contributed by atoms with Crippen molar-refractivity contribution in [3.8, 4) is 5.75 Å². The van der Waals surface area contributed by atoms with Gasteiger partial charge in [-0.25, -0.2) is 10.2 Å². The highest BCUT2D eigenvalue weighted by molar-refractivity contribution is 6.06. The van der Waals surface area contributed by atoms with Crippen LogP contribution in [0.15, 0.2) is 29.4 Å². The topological polar surface area (TPSA) is 138 Å². The average Bonchev–Trinajstić information content (AvgIpc) is 3.09. The van der Waals surface area contributed by atoms with Crippen LogP contribution in [0.25, 0.3) is 0 Å². The molecule has 0 aromatic heterocycles. The summed E-state index contributed by atoms with van der Waals surface area (Å²) in [6.07, 6.45) is -2.02. The second-order valence-corrected chi connectivity index (χ2v) is 10.5. The molecule has 1 heterocycles. The third kappa shape index (κ3) is 4.77. The monoisotopic (exact) mass is 487 g/mol. The molecule has 35 heavy (non-hydrogen) atoms. The van der Waals surface area contributed by atoms with Crippen molar-refractivity contribution in [2.24, 2.45) is 28.8 Å². The minimum Gasteiger partial charge on any atom is -0.497 e. The quantitative estimate of drug-likeness (QED) is 0.435. The summed E-state index contributed by atoms with van der Waals surface area (Å²) in [4.78, 5) is 39.9. The number of fused-ring (bicyclic) bond motifs is 3. The minimum absolute atomic E-state index is 0.0388. The number of nitrogens with one attached hydrogen (secondary N) is 1. The number of methoxy groups -OCH3 is 1. The maximum Gasteiger partial charge on any atom is 0.428 e. The van der Waals surface area contributed by atoms with Crippen LogP contribution in [0.5, 0.6) is 5.75 Å². The highest BCUT2D eigenvalue weighted by Crippen LogP contribution is 2.50. The van der Waals surface area contributed by atoms with Crippen LogP contribution in [0.1, 0.15) is 45.6 Å². The fraction of sp³-hybridized carbons (Fsp3) is 0.600. The zero-order valence-electron chi connectivity index (χ0n) is 20.4. The number of carbonyl (C=O) groups excluding carboxylic acids is 3. The SMILES string of the molecule is COc1ccc(COC(=O)N/N=C2\C[C@@H](O)[C@@H](O)[C@@H]3[C@@H]4C(=O)N(C(C)(C)C)C(=O)[C@@H]4CC[C@H]23)cc1. The number of hydrazone groups is 1. The number of likely N-dealkylation sites (tertiary alicyclic amines) is 1. The number of nitrogens with zero attached hydrogens (tertiary/aromatic N) is 2. The largest absolute Gasteiger partial charge is 0.497 e. The number of aliphatic hydroxyl groups is 2. The molecule has 1 saturated heterocycles. The summed E-state index contributed by atoms with van der Waals surface area (Å²) < 4.78 is 10.3. The summed E-state index contributed by atoms with van der Waals surface area (Å²) in [5.74, 6) is -2.09. The third-order valence-electron chi connectivity index (χ3n) is 7.27. The van der Waals surface area contributed by atoms with Crippen LogP contribution in [-0.4, -0.2) is 63.6 Å². The van der Waals surface area contributed by atoms with Crippen LogP contribution in [-0.2, 0) is 20.9 Å². The number of ether oxygens (including phenoxy) is 2. The van der Waals surface area contributed by atoms with Gasteiger partial charge >= 0.3 is 6.09 Å². The molecule has 1 aromatic carbocycles. The van der Waals surface area contributed by atoms with Gasteiger partial charge in [-0.2, -0.15) is 5.10 Å². The highest BCUT2D eigenvalue weighted by atomic mass is 16.6. The first kappa shape index (κ1) is 25.1. The highest BCUT2D eigenvalue weighted by Gasteiger charge is 2.61. The third-order valence-corrected chi connectivity index (χ3v) is 7.27. The molecule has 2 aliphatic carbocycles. The Hall–Kier alpha value is -2.98. The number of hydrogen-bond acceptors (Lipinski definition) is 8. The normalized spacial score (nSPS) is 31.7. The Kier molecular flexibility index (Phi) is 6.88. The second-order valence-electron chi connectivity index (χ2n) is 10.5. The van der Waals surface area contributed by atoms with Crippen molar-refractivity contribution in [3.05, 3.63) is 29.8 Å². The molecule has 0 unspecified atom stereocenters. The maximum absolute atomic E-state index is 13.3. The Morgan fingerprint density at radius 1 is 1.11 bits per heavy atom.